The van der Waals surface area contributed by atoms with Gasteiger partial charge in [-0.2, -0.15) is 0 Å². The van der Waals surface area contributed by atoms with Gasteiger partial charge in [-0.1, -0.05) is 0 Å². The standard InChI is InChI=1S/C12H25Si/c1-2-3-4-5-6-7-8-9-10-11-12-13/h2-12H2,1H3/q+3. The predicted octanol–water partition coefficient (Wildman–Crippen LogP) is 4.49. The zero-order valence-corrected chi connectivity index (χ0v) is 10.3. The molecule has 0 aliphatic rings. The summed E-state index contributed by atoms with van der Waals surface area (Å²) in [5.74, 6) is 0. The van der Waals surface area contributed by atoms with E-state index in [0.717, 1.165) is 0 Å². The third-order valence-electron chi connectivity index (χ3n) is 2.53. The number of hydrogen-bond donors (Lipinski definition) is 0. The van der Waals surface area contributed by atoms with E-state index in [1.807, 2.05) is 0 Å². The van der Waals surface area contributed by atoms with Gasteiger partial charge in [0.15, 0.2) is 0 Å². The van der Waals surface area contributed by atoms with Crippen molar-refractivity contribution in [1.82, 2.24) is 0 Å². The summed E-state index contributed by atoms with van der Waals surface area (Å²) in [6, 6.07) is 1.18. The van der Waals surface area contributed by atoms with Gasteiger partial charge in [0, 0.05) is 0 Å². The van der Waals surface area contributed by atoms with Gasteiger partial charge in [-0.15, -0.1) is 0 Å². The van der Waals surface area contributed by atoms with Crippen molar-refractivity contribution in [3.05, 3.63) is 0 Å². The summed E-state index contributed by atoms with van der Waals surface area (Å²) in [5.41, 5.74) is 0. The van der Waals surface area contributed by atoms with Crippen LogP contribution in [0.25, 0.3) is 0 Å². The second kappa shape index (κ2) is 12.2. The molecule has 0 bridgehead atoms. The van der Waals surface area contributed by atoms with E-state index in [1.54, 1.807) is 0 Å². The second-order valence-electron chi connectivity index (χ2n) is 3.93. The normalized spacial score (nSPS) is 10.7. The van der Waals surface area contributed by atoms with Crippen molar-refractivity contribution >= 4 is 10.2 Å². The van der Waals surface area contributed by atoms with E-state index in [0.29, 0.717) is 0 Å². The first-order chi connectivity index (χ1) is 6.41. The first-order valence-electron chi connectivity index (χ1n) is 6.06. The summed E-state index contributed by atoms with van der Waals surface area (Å²) in [7, 11) is 3.50. The third-order valence-corrected chi connectivity index (χ3v) is 2.88. The summed E-state index contributed by atoms with van der Waals surface area (Å²) in [5, 5.41) is 0. The average Bonchev–Trinajstić information content (AvgIpc) is 2.16. The Morgan fingerprint density at radius 2 is 1.00 bits per heavy atom. The molecule has 0 aliphatic carbocycles. The molecule has 0 N–H and O–H groups in total. The zero-order valence-electron chi connectivity index (χ0n) is 9.28. The monoisotopic (exact) mass is 197 g/mol. The molecule has 0 aromatic rings. The van der Waals surface area contributed by atoms with Gasteiger partial charge >= 0.3 is 87.4 Å². The number of unbranched alkanes of at least 4 members (excludes halogenated alkanes) is 9. The molecule has 0 unspecified atom stereocenters. The van der Waals surface area contributed by atoms with Crippen molar-refractivity contribution in [3.8, 4) is 0 Å². The quantitative estimate of drug-likeness (QED) is 0.357. The van der Waals surface area contributed by atoms with Crippen molar-refractivity contribution < 1.29 is 0 Å². The van der Waals surface area contributed by atoms with Crippen LogP contribution < -0.4 is 0 Å². The molecule has 0 radical (unpaired) electrons. The van der Waals surface area contributed by atoms with E-state index in [9.17, 15) is 0 Å². The van der Waals surface area contributed by atoms with Crippen LogP contribution in [0.5, 0.6) is 0 Å². The Bertz CT molecular complexity index is 71.2. The molecule has 0 atom stereocenters. The maximum atomic E-state index is 3.50. The van der Waals surface area contributed by atoms with Crippen LogP contribution in [0.4, 0.5) is 0 Å². The van der Waals surface area contributed by atoms with E-state index in [4.69, 9.17) is 0 Å². The van der Waals surface area contributed by atoms with Crippen molar-refractivity contribution in [3.63, 3.8) is 0 Å². The van der Waals surface area contributed by atoms with E-state index in [1.165, 1.54) is 70.3 Å². The minimum absolute atomic E-state index is 1.18. The van der Waals surface area contributed by atoms with Crippen LogP contribution in [-0.4, -0.2) is 10.2 Å². The summed E-state index contributed by atoms with van der Waals surface area (Å²) >= 11 is 0. The topological polar surface area (TPSA) is 0 Å². The molecule has 0 rings (SSSR count). The molecular weight excluding hydrogens is 172 g/mol. The van der Waals surface area contributed by atoms with Crippen LogP contribution in [-0.2, 0) is 0 Å². The van der Waals surface area contributed by atoms with Gasteiger partial charge in [-0.3, -0.25) is 0 Å². The van der Waals surface area contributed by atoms with Gasteiger partial charge in [0.25, 0.3) is 0 Å². The van der Waals surface area contributed by atoms with Gasteiger partial charge in [0.1, 0.15) is 0 Å². The van der Waals surface area contributed by atoms with E-state index in [2.05, 4.69) is 17.2 Å². The molecule has 0 fully saturated rings. The first kappa shape index (κ1) is 13.2. The fourth-order valence-corrected chi connectivity index (χ4v) is 1.86. The molecule has 0 nitrogen and oxygen atoms in total. The Labute approximate surface area is 87.9 Å². The molecule has 13 heavy (non-hydrogen) atoms. The summed E-state index contributed by atoms with van der Waals surface area (Å²) < 4.78 is 0. The third kappa shape index (κ3) is 12.2. The summed E-state index contributed by atoms with van der Waals surface area (Å²) in [6.45, 7) is 2.28. The average molecular weight is 197 g/mol. The van der Waals surface area contributed by atoms with E-state index < -0.39 is 0 Å². The van der Waals surface area contributed by atoms with E-state index >= 15 is 0 Å². The summed E-state index contributed by atoms with van der Waals surface area (Å²) in [6.07, 6.45) is 14.3. The first-order valence-corrected chi connectivity index (χ1v) is 6.77. The molecule has 0 aliphatic heterocycles. The van der Waals surface area contributed by atoms with Crippen LogP contribution in [0.3, 0.4) is 0 Å². The van der Waals surface area contributed by atoms with Crippen molar-refractivity contribution in [2.75, 3.05) is 0 Å². The molecule has 0 heterocycles. The van der Waals surface area contributed by atoms with E-state index in [-0.39, 0.29) is 0 Å². The van der Waals surface area contributed by atoms with Crippen LogP contribution in [0, 0.1) is 0 Å². The molecule has 0 saturated heterocycles. The van der Waals surface area contributed by atoms with Gasteiger partial charge in [-0.25, -0.2) is 0 Å². The van der Waals surface area contributed by atoms with Gasteiger partial charge in [0.05, 0.1) is 0 Å². The van der Waals surface area contributed by atoms with Crippen LogP contribution in [0.1, 0.15) is 71.1 Å². The van der Waals surface area contributed by atoms with Gasteiger partial charge in [0.2, 0.25) is 0 Å². The molecule has 74 valence electrons. The Balaban J connectivity index is 2.76. The van der Waals surface area contributed by atoms with Crippen molar-refractivity contribution in [2.45, 2.75) is 77.2 Å². The Hall–Kier alpha value is 0.217. The number of hydrogen-bond acceptors (Lipinski definition) is 0. The second-order valence-corrected chi connectivity index (χ2v) is 4.43. The molecule has 0 amide bonds. The molecule has 0 saturated carbocycles. The fourth-order valence-electron chi connectivity index (χ4n) is 1.61. The maximum absolute atomic E-state index is 3.50. The van der Waals surface area contributed by atoms with Crippen molar-refractivity contribution in [1.29, 1.82) is 0 Å². The molecule has 1 heteroatoms. The molecule has 0 spiro atoms. The molecule has 0 aromatic heterocycles. The predicted molar refractivity (Wildman–Crippen MR) is 62.4 cm³/mol. The van der Waals surface area contributed by atoms with Crippen LogP contribution >= 0.6 is 0 Å². The minimum atomic E-state index is 1.18. The zero-order chi connectivity index (χ0) is 9.78. The van der Waals surface area contributed by atoms with Crippen LogP contribution in [0.15, 0.2) is 0 Å². The molecule has 0 aromatic carbocycles. The van der Waals surface area contributed by atoms with Crippen molar-refractivity contribution in [2.24, 2.45) is 0 Å². The SMILES string of the molecule is CCCCCCCCCCCC[Si+3]. The Morgan fingerprint density at radius 1 is 0.615 bits per heavy atom. The van der Waals surface area contributed by atoms with Gasteiger partial charge in [-0.05, 0) is 0 Å². The molecular formula is C12H25Si+3. The fraction of sp³-hybridized carbons (Fsp3) is 1.00. The Morgan fingerprint density at radius 3 is 1.38 bits per heavy atom. The summed E-state index contributed by atoms with van der Waals surface area (Å²) in [4.78, 5) is 0. The Kier molecular flexibility index (Phi) is 12.4. The number of rotatable bonds is 10. The van der Waals surface area contributed by atoms with Crippen LogP contribution in [0.2, 0.25) is 6.04 Å². The van der Waals surface area contributed by atoms with Gasteiger partial charge < -0.3 is 0 Å².